The van der Waals surface area contributed by atoms with Gasteiger partial charge >= 0.3 is 0 Å². The number of rotatable bonds is 5. The number of ether oxygens (including phenoxy) is 1. The van der Waals surface area contributed by atoms with Crippen LogP contribution in [0.3, 0.4) is 0 Å². The average molecular weight is 296 g/mol. The zero-order chi connectivity index (χ0) is 14.4. The van der Waals surface area contributed by atoms with E-state index in [4.69, 9.17) is 16.3 Å². The van der Waals surface area contributed by atoms with Crippen molar-refractivity contribution in [2.24, 2.45) is 5.92 Å². The Bertz CT molecular complexity index is 444. The molecule has 20 heavy (non-hydrogen) atoms. The van der Waals surface area contributed by atoms with Crippen molar-refractivity contribution in [1.29, 1.82) is 0 Å². The number of amides is 1. The number of nitrogens with one attached hydrogen (secondary N) is 1. The van der Waals surface area contributed by atoms with Gasteiger partial charge in [0.15, 0.2) is 0 Å². The third kappa shape index (κ3) is 3.97. The van der Waals surface area contributed by atoms with Crippen LogP contribution in [0, 0.1) is 5.92 Å². The molecular weight excluding hydrogens is 274 g/mol. The first kappa shape index (κ1) is 15.3. The Hall–Kier alpha value is -1.06. The van der Waals surface area contributed by atoms with Gasteiger partial charge in [0.1, 0.15) is 6.10 Å². The van der Waals surface area contributed by atoms with Gasteiger partial charge in [-0.15, -0.1) is 0 Å². The summed E-state index contributed by atoms with van der Waals surface area (Å²) in [5.74, 6) is 0.325. The first-order valence-electron chi connectivity index (χ1n) is 7.27. The van der Waals surface area contributed by atoms with E-state index in [0.717, 1.165) is 31.2 Å². The normalized spacial score (nSPS) is 17.7. The molecule has 0 spiro atoms. The van der Waals surface area contributed by atoms with Crippen molar-refractivity contribution < 1.29 is 9.53 Å². The Kier molecular flexibility index (Phi) is 5.86. The molecule has 1 aromatic rings. The Morgan fingerprint density at radius 3 is 2.70 bits per heavy atom. The summed E-state index contributed by atoms with van der Waals surface area (Å²) in [5.41, 5.74) is 0.917. The van der Waals surface area contributed by atoms with Gasteiger partial charge in [-0.3, -0.25) is 4.79 Å². The van der Waals surface area contributed by atoms with E-state index in [-0.39, 0.29) is 17.9 Å². The monoisotopic (exact) mass is 295 g/mol. The van der Waals surface area contributed by atoms with Gasteiger partial charge < -0.3 is 10.1 Å². The van der Waals surface area contributed by atoms with Crippen molar-refractivity contribution in [3.8, 4) is 0 Å². The van der Waals surface area contributed by atoms with Crippen LogP contribution in [-0.4, -0.2) is 19.6 Å². The second-order valence-corrected chi connectivity index (χ2v) is 5.73. The molecule has 1 N–H and O–H groups in total. The quantitative estimate of drug-likeness (QED) is 0.899. The molecule has 3 nitrogen and oxygen atoms in total. The number of hydrogen-bond donors (Lipinski definition) is 1. The van der Waals surface area contributed by atoms with E-state index >= 15 is 0 Å². The standard InChI is InChI=1S/C16H22ClNO2/c1-20-15(13-9-5-6-10-14(13)17)11-18-16(19)12-7-3-2-4-8-12/h5-6,9-10,12,15H,2-4,7-8,11H2,1H3,(H,18,19). The summed E-state index contributed by atoms with van der Waals surface area (Å²) < 4.78 is 5.46. The van der Waals surface area contributed by atoms with Crippen molar-refractivity contribution in [2.45, 2.75) is 38.2 Å². The molecule has 2 rings (SSSR count). The summed E-state index contributed by atoms with van der Waals surface area (Å²) in [4.78, 5) is 12.1. The Morgan fingerprint density at radius 2 is 2.05 bits per heavy atom. The molecule has 0 aromatic heterocycles. The van der Waals surface area contributed by atoms with Gasteiger partial charge in [-0.25, -0.2) is 0 Å². The van der Waals surface area contributed by atoms with Crippen LogP contribution in [-0.2, 0) is 9.53 Å². The maximum absolute atomic E-state index is 12.1. The first-order valence-corrected chi connectivity index (χ1v) is 7.65. The molecule has 4 heteroatoms. The molecule has 0 heterocycles. The summed E-state index contributed by atoms with van der Waals surface area (Å²) in [5, 5.41) is 3.68. The molecule has 1 aliphatic carbocycles. The summed E-state index contributed by atoms with van der Waals surface area (Å²) in [6, 6.07) is 7.59. The molecule has 1 aliphatic rings. The van der Waals surface area contributed by atoms with Crippen molar-refractivity contribution in [3.05, 3.63) is 34.9 Å². The van der Waals surface area contributed by atoms with Crippen LogP contribution < -0.4 is 5.32 Å². The third-order valence-electron chi connectivity index (χ3n) is 3.97. The maximum atomic E-state index is 12.1. The molecule has 1 unspecified atom stereocenters. The van der Waals surface area contributed by atoms with E-state index in [1.54, 1.807) is 7.11 Å². The first-order chi connectivity index (χ1) is 9.72. The topological polar surface area (TPSA) is 38.3 Å². The highest BCUT2D eigenvalue weighted by molar-refractivity contribution is 6.31. The van der Waals surface area contributed by atoms with Crippen LogP contribution >= 0.6 is 11.6 Å². The van der Waals surface area contributed by atoms with Crippen LogP contribution in [0.15, 0.2) is 24.3 Å². The van der Waals surface area contributed by atoms with Crippen molar-refractivity contribution in [2.75, 3.05) is 13.7 Å². The third-order valence-corrected chi connectivity index (χ3v) is 4.32. The fraction of sp³-hybridized carbons (Fsp3) is 0.562. The fourth-order valence-corrected chi connectivity index (χ4v) is 3.02. The van der Waals surface area contributed by atoms with Gasteiger partial charge in [-0.05, 0) is 18.9 Å². The molecule has 1 saturated carbocycles. The summed E-state index contributed by atoms with van der Waals surface area (Å²) in [7, 11) is 1.64. The predicted molar refractivity (Wildman–Crippen MR) is 80.8 cm³/mol. The van der Waals surface area contributed by atoms with Crippen LogP contribution in [0.4, 0.5) is 0 Å². The van der Waals surface area contributed by atoms with Gasteiger partial charge in [-0.1, -0.05) is 49.1 Å². The number of carbonyl (C=O) groups is 1. The second-order valence-electron chi connectivity index (χ2n) is 5.33. The molecule has 0 saturated heterocycles. The zero-order valence-corrected chi connectivity index (χ0v) is 12.7. The molecule has 1 amide bonds. The molecule has 0 bridgehead atoms. The average Bonchev–Trinajstić information content (AvgIpc) is 2.50. The molecular formula is C16H22ClNO2. The number of methoxy groups -OCH3 is 1. The van der Waals surface area contributed by atoms with E-state index < -0.39 is 0 Å². The second kappa shape index (κ2) is 7.65. The Balaban J connectivity index is 1.90. The van der Waals surface area contributed by atoms with Gasteiger partial charge in [0.2, 0.25) is 5.91 Å². The van der Waals surface area contributed by atoms with Crippen LogP contribution in [0.5, 0.6) is 0 Å². The lowest BCUT2D eigenvalue weighted by Gasteiger charge is -2.23. The smallest absolute Gasteiger partial charge is 0.223 e. The SMILES string of the molecule is COC(CNC(=O)C1CCCCC1)c1ccccc1Cl. The Morgan fingerprint density at radius 1 is 1.35 bits per heavy atom. The minimum Gasteiger partial charge on any atom is -0.375 e. The summed E-state index contributed by atoms with van der Waals surface area (Å²) >= 11 is 6.17. The van der Waals surface area contributed by atoms with Gasteiger partial charge in [-0.2, -0.15) is 0 Å². The predicted octanol–water partition coefficient (Wildman–Crippen LogP) is 3.72. The van der Waals surface area contributed by atoms with Crippen LogP contribution in [0.2, 0.25) is 5.02 Å². The van der Waals surface area contributed by atoms with Crippen LogP contribution in [0.1, 0.15) is 43.8 Å². The van der Waals surface area contributed by atoms with Gasteiger partial charge in [0, 0.05) is 30.2 Å². The van der Waals surface area contributed by atoms with Gasteiger partial charge in [0.25, 0.3) is 0 Å². The molecule has 1 fully saturated rings. The van der Waals surface area contributed by atoms with E-state index in [9.17, 15) is 4.79 Å². The van der Waals surface area contributed by atoms with Gasteiger partial charge in [0.05, 0.1) is 0 Å². The lowest BCUT2D eigenvalue weighted by Crippen LogP contribution is -2.35. The van der Waals surface area contributed by atoms with Crippen LogP contribution in [0.25, 0.3) is 0 Å². The van der Waals surface area contributed by atoms with E-state index in [0.29, 0.717) is 11.6 Å². The number of hydrogen-bond acceptors (Lipinski definition) is 2. The highest BCUT2D eigenvalue weighted by Crippen LogP contribution is 2.26. The lowest BCUT2D eigenvalue weighted by molar-refractivity contribution is -0.126. The van der Waals surface area contributed by atoms with Crippen molar-refractivity contribution >= 4 is 17.5 Å². The molecule has 1 atom stereocenters. The highest BCUT2D eigenvalue weighted by Gasteiger charge is 2.22. The molecule has 110 valence electrons. The zero-order valence-electron chi connectivity index (χ0n) is 11.9. The molecule has 0 aliphatic heterocycles. The van der Waals surface area contributed by atoms with Crippen molar-refractivity contribution in [3.63, 3.8) is 0 Å². The largest absolute Gasteiger partial charge is 0.375 e. The van der Waals surface area contributed by atoms with E-state index in [2.05, 4.69) is 5.32 Å². The fourth-order valence-electron chi connectivity index (χ4n) is 2.76. The highest BCUT2D eigenvalue weighted by atomic mass is 35.5. The number of carbonyl (C=O) groups excluding carboxylic acids is 1. The minimum absolute atomic E-state index is 0.152. The van der Waals surface area contributed by atoms with E-state index in [1.807, 2.05) is 24.3 Å². The minimum atomic E-state index is -0.198. The lowest BCUT2D eigenvalue weighted by atomic mass is 9.88. The molecule has 0 radical (unpaired) electrons. The van der Waals surface area contributed by atoms with Crippen molar-refractivity contribution in [1.82, 2.24) is 5.32 Å². The summed E-state index contributed by atoms with van der Waals surface area (Å²) in [6.45, 7) is 0.468. The molecule has 1 aromatic carbocycles. The number of benzene rings is 1. The summed E-state index contributed by atoms with van der Waals surface area (Å²) in [6.07, 6.45) is 5.40. The van der Waals surface area contributed by atoms with E-state index in [1.165, 1.54) is 6.42 Å². The Labute approximate surface area is 125 Å². The number of halogens is 1. The maximum Gasteiger partial charge on any atom is 0.223 e.